The molecule has 21 nitrogen and oxygen atoms in total. The lowest BCUT2D eigenvalue weighted by atomic mass is 10.2. The Labute approximate surface area is 240 Å². The van der Waals surface area contributed by atoms with Crippen LogP contribution < -0.4 is 22.5 Å². The average molecular weight is 662 g/mol. The van der Waals surface area contributed by atoms with Gasteiger partial charge in [0.05, 0.1) is 25.4 Å². The number of aliphatic hydroxyl groups excluding tert-OH is 3. The summed E-state index contributed by atoms with van der Waals surface area (Å²) in [6, 6.07) is 0. The number of nitrogens with zero attached hydrogens (tertiary/aromatic N) is 2. The van der Waals surface area contributed by atoms with Crippen LogP contribution in [0.5, 0.6) is 0 Å². The fourth-order valence-electron chi connectivity index (χ4n) is 3.86. The third-order valence-corrected chi connectivity index (χ3v) is 6.39. The van der Waals surface area contributed by atoms with Gasteiger partial charge in [0.25, 0.3) is 11.1 Å². The molecule has 244 valence electrons. The molecule has 0 bridgehead atoms. The first-order valence-corrected chi connectivity index (χ1v) is 15.2. The molecule has 4 heterocycles. The van der Waals surface area contributed by atoms with E-state index in [0.29, 0.717) is 11.1 Å². The standard InChI is InChI=1S/C10H15N2O8P.C10H14N2O5.H3O4P/c1-5-3-12(10(15)11-9(5)14)8-2-6(13)7(20-8)4-19-21(16,17)18;1-5-3-12(10(16)11-9(5)15)8-2-6(14)7(4-13)17-8;1-5(2,3)4/h3,6-8,13H,2,4H2,1H3,(H,11,14,15)(H2,16,17,18);3,6-8,13-14H,2,4H2,1H3,(H,11,15,16);(H3,1,2,3,4)/t2*6-,7+,8+;/m00./s1. The van der Waals surface area contributed by atoms with Crippen LogP contribution in [-0.4, -0.2) is 96.5 Å². The molecular formula is C20H32N4O17P2. The summed E-state index contributed by atoms with van der Waals surface area (Å²) in [7, 11) is -9.31. The first-order valence-electron chi connectivity index (χ1n) is 12.1. The van der Waals surface area contributed by atoms with Crippen molar-refractivity contribution in [2.75, 3.05) is 13.2 Å². The molecule has 23 heteroatoms. The summed E-state index contributed by atoms with van der Waals surface area (Å²) < 4.78 is 36.8. The Hall–Kier alpha value is -2.62. The lowest BCUT2D eigenvalue weighted by Crippen LogP contribution is -2.33. The van der Waals surface area contributed by atoms with Crippen LogP contribution in [0.15, 0.2) is 31.6 Å². The van der Waals surface area contributed by atoms with Crippen molar-refractivity contribution < 1.29 is 62.9 Å². The zero-order chi connectivity index (χ0) is 32.9. The molecule has 0 amide bonds. The molecule has 2 aromatic rings. The van der Waals surface area contributed by atoms with Crippen molar-refractivity contribution in [2.45, 2.75) is 63.6 Å². The van der Waals surface area contributed by atoms with Gasteiger partial charge in [-0.25, -0.2) is 18.7 Å². The molecule has 2 fully saturated rings. The van der Waals surface area contributed by atoms with Crippen LogP contribution in [0.3, 0.4) is 0 Å². The summed E-state index contributed by atoms with van der Waals surface area (Å²) in [5, 5.41) is 28.3. The summed E-state index contributed by atoms with van der Waals surface area (Å²) in [6.45, 7) is 2.26. The summed E-state index contributed by atoms with van der Waals surface area (Å²) in [5.74, 6) is 0. The summed E-state index contributed by atoms with van der Waals surface area (Å²) in [5.41, 5.74) is -1.56. The van der Waals surface area contributed by atoms with Crippen LogP contribution >= 0.6 is 15.6 Å². The molecule has 2 aliphatic heterocycles. The van der Waals surface area contributed by atoms with E-state index in [1.54, 1.807) is 6.92 Å². The second-order valence-corrected chi connectivity index (χ2v) is 11.6. The van der Waals surface area contributed by atoms with E-state index in [4.69, 9.17) is 43.6 Å². The van der Waals surface area contributed by atoms with Gasteiger partial charge in [0.15, 0.2) is 0 Å². The second kappa shape index (κ2) is 14.9. The number of phosphoric acid groups is 2. The highest BCUT2D eigenvalue weighted by Gasteiger charge is 2.37. The Kier molecular flexibility index (Phi) is 12.7. The zero-order valence-corrected chi connectivity index (χ0v) is 24.3. The Balaban J connectivity index is 0.000000264. The predicted octanol–water partition coefficient (Wildman–Crippen LogP) is -3.84. The Bertz CT molecular complexity index is 1560. The molecule has 2 aromatic heterocycles. The van der Waals surface area contributed by atoms with E-state index in [0.717, 1.165) is 4.57 Å². The number of ether oxygens (including phenoxy) is 2. The molecule has 2 aliphatic rings. The van der Waals surface area contributed by atoms with Crippen molar-refractivity contribution in [2.24, 2.45) is 0 Å². The summed E-state index contributed by atoms with van der Waals surface area (Å²) in [6.07, 6.45) is -2.15. The number of hydrogen-bond donors (Lipinski definition) is 10. The largest absolute Gasteiger partial charge is 0.469 e. The Morgan fingerprint density at radius 3 is 1.53 bits per heavy atom. The van der Waals surface area contributed by atoms with Crippen LogP contribution in [0.4, 0.5) is 0 Å². The molecular weight excluding hydrogens is 630 g/mol. The average Bonchev–Trinajstić information content (AvgIpc) is 3.42. The monoisotopic (exact) mass is 662 g/mol. The fourth-order valence-corrected chi connectivity index (χ4v) is 4.20. The molecule has 6 atom stereocenters. The van der Waals surface area contributed by atoms with E-state index < -0.39 is 81.6 Å². The van der Waals surface area contributed by atoms with Crippen LogP contribution in [0.25, 0.3) is 0 Å². The highest BCUT2D eigenvalue weighted by atomic mass is 31.2. The van der Waals surface area contributed by atoms with Crippen molar-refractivity contribution in [3.63, 3.8) is 0 Å². The molecule has 2 saturated heterocycles. The van der Waals surface area contributed by atoms with Crippen molar-refractivity contribution in [3.05, 3.63) is 65.2 Å². The molecule has 0 radical (unpaired) electrons. The molecule has 0 saturated carbocycles. The molecule has 0 aromatic carbocycles. The molecule has 43 heavy (non-hydrogen) atoms. The Morgan fingerprint density at radius 1 is 0.814 bits per heavy atom. The van der Waals surface area contributed by atoms with Crippen molar-refractivity contribution in [1.82, 2.24) is 19.1 Å². The molecule has 0 unspecified atom stereocenters. The maximum absolute atomic E-state index is 11.7. The smallest absolute Gasteiger partial charge is 0.394 e. The van der Waals surface area contributed by atoms with E-state index in [-0.39, 0.29) is 19.4 Å². The number of aliphatic hydroxyl groups is 3. The van der Waals surface area contributed by atoms with Gasteiger partial charge in [-0.2, -0.15) is 0 Å². The number of rotatable bonds is 6. The van der Waals surface area contributed by atoms with Gasteiger partial charge in [0, 0.05) is 36.4 Å². The van der Waals surface area contributed by atoms with Gasteiger partial charge >= 0.3 is 27.0 Å². The van der Waals surface area contributed by atoms with Gasteiger partial charge in [0.2, 0.25) is 0 Å². The minimum absolute atomic E-state index is 0.0283. The topological polar surface area (TPSA) is 333 Å². The fraction of sp³-hybridized carbons (Fsp3) is 0.600. The lowest BCUT2D eigenvalue weighted by molar-refractivity contribution is -0.0459. The van der Waals surface area contributed by atoms with Crippen LogP contribution in [0, 0.1) is 13.8 Å². The number of aryl methyl sites for hydroxylation is 2. The number of aromatic nitrogens is 4. The van der Waals surface area contributed by atoms with Gasteiger partial charge < -0.3 is 49.3 Å². The SMILES string of the molecule is Cc1cn([C@H]2C[C@H](O)[C@@H](CO)O2)c(=O)[nH]c1=O.Cc1cn([C@H]2C[C@H](O)[C@@H](COP(=O)(O)O)O2)c(=O)[nH]c1=O.O=P(O)(O)O. The van der Waals surface area contributed by atoms with Crippen LogP contribution in [0.2, 0.25) is 0 Å². The molecule has 0 spiro atoms. The first-order chi connectivity index (χ1) is 19.7. The highest BCUT2D eigenvalue weighted by molar-refractivity contribution is 7.46. The third-order valence-electron chi connectivity index (χ3n) is 5.91. The van der Waals surface area contributed by atoms with E-state index in [9.17, 15) is 34.0 Å². The van der Waals surface area contributed by atoms with E-state index in [1.807, 2.05) is 0 Å². The van der Waals surface area contributed by atoms with Crippen LogP contribution in [0.1, 0.15) is 36.4 Å². The predicted molar refractivity (Wildman–Crippen MR) is 141 cm³/mol. The highest BCUT2D eigenvalue weighted by Crippen LogP contribution is 2.38. The molecule has 0 aliphatic carbocycles. The second-order valence-electron chi connectivity index (χ2n) is 9.30. The molecule has 4 rings (SSSR count). The number of aromatic amines is 2. The van der Waals surface area contributed by atoms with Crippen molar-refractivity contribution in [3.8, 4) is 0 Å². The van der Waals surface area contributed by atoms with E-state index in [2.05, 4.69) is 14.5 Å². The lowest BCUT2D eigenvalue weighted by Gasteiger charge is -2.16. The number of hydrogen-bond acceptors (Lipinski definition) is 12. The van der Waals surface area contributed by atoms with Gasteiger partial charge in [-0.3, -0.25) is 33.2 Å². The summed E-state index contributed by atoms with van der Waals surface area (Å²) >= 11 is 0. The number of nitrogens with one attached hydrogen (secondary N) is 2. The maximum Gasteiger partial charge on any atom is 0.469 e. The number of H-pyrrole nitrogens is 2. The van der Waals surface area contributed by atoms with Crippen molar-refractivity contribution in [1.29, 1.82) is 0 Å². The Morgan fingerprint density at radius 2 is 1.19 bits per heavy atom. The quantitative estimate of drug-likeness (QED) is 0.132. The normalized spacial score (nSPS) is 25.4. The van der Waals surface area contributed by atoms with E-state index >= 15 is 0 Å². The zero-order valence-electron chi connectivity index (χ0n) is 22.5. The first kappa shape index (κ1) is 36.6. The van der Waals surface area contributed by atoms with Crippen molar-refractivity contribution >= 4 is 15.6 Å². The minimum atomic E-state index is -4.67. The van der Waals surface area contributed by atoms with Crippen LogP contribution in [-0.2, 0) is 23.1 Å². The third kappa shape index (κ3) is 11.4. The molecule has 10 N–H and O–H groups in total. The van der Waals surface area contributed by atoms with E-state index in [1.165, 1.54) is 23.9 Å². The van der Waals surface area contributed by atoms with Gasteiger partial charge in [-0.05, 0) is 13.8 Å². The summed E-state index contributed by atoms with van der Waals surface area (Å²) in [4.78, 5) is 88.8. The van der Waals surface area contributed by atoms with Gasteiger partial charge in [-0.1, -0.05) is 0 Å². The minimum Gasteiger partial charge on any atom is -0.394 e. The maximum atomic E-state index is 11.7. The number of phosphoric ester groups is 1. The van der Waals surface area contributed by atoms with Gasteiger partial charge in [-0.15, -0.1) is 0 Å². The van der Waals surface area contributed by atoms with Gasteiger partial charge in [0.1, 0.15) is 24.7 Å².